The predicted molar refractivity (Wildman–Crippen MR) is 74.3 cm³/mol. The molecule has 1 aliphatic heterocycles. The van der Waals surface area contributed by atoms with Gasteiger partial charge in [0, 0.05) is 6.04 Å². The molecular formula is C15H30N2. The molecule has 0 aromatic rings. The Hall–Kier alpha value is -0.0800. The molecule has 1 saturated carbocycles. The Morgan fingerprint density at radius 3 is 2.76 bits per heavy atom. The Morgan fingerprint density at radius 2 is 2.00 bits per heavy atom. The number of nitrogens with one attached hydrogen (secondary N) is 1. The van der Waals surface area contributed by atoms with Crippen molar-refractivity contribution < 1.29 is 0 Å². The summed E-state index contributed by atoms with van der Waals surface area (Å²) in [5.74, 6) is 1.10. The van der Waals surface area contributed by atoms with Gasteiger partial charge in [0.1, 0.15) is 0 Å². The van der Waals surface area contributed by atoms with Crippen molar-refractivity contribution in [3.05, 3.63) is 0 Å². The van der Waals surface area contributed by atoms with E-state index < -0.39 is 0 Å². The lowest BCUT2D eigenvalue weighted by Gasteiger charge is -2.19. The molecule has 2 nitrogen and oxygen atoms in total. The van der Waals surface area contributed by atoms with Crippen molar-refractivity contribution in [2.45, 2.75) is 64.3 Å². The van der Waals surface area contributed by atoms with Crippen molar-refractivity contribution in [1.29, 1.82) is 0 Å². The molecule has 17 heavy (non-hydrogen) atoms. The SMILES string of the molecule is CCCN1CCCC(NCCCC2CC2)CC1. The monoisotopic (exact) mass is 238 g/mol. The molecule has 2 rings (SSSR count). The van der Waals surface area contributed by atoms with Crippen LogP contribution in [0.4, 0.5) is 0 Å². The van der Waals surface area contributed by atoms with Gasteiger partial charge in [-0.25, -0.2) is 0 Å². The van der Waals surface area contributed by atoms with E-state index in [4.69, 9.17) is 0 Å². The Labute approximate surface area is 107 Å². The molecule has 0 amide bonds. The van der Waals surface area contributed by atoms with Gasteiger partial charge in [0.05, 0.1) is 0 Å². The maximum Gasteiger partial charge on any atom is 0.00797 e. The van der Waals surface area contributed by atoms with E-state index in [0.29, 0.717) is 0 Å². The normalized spacial score (nSPS) is 27.0. The Morgan fingerprint density at radius 1 is 1.12 bits per heavy atom. The molecule has 0 bridgehead atoms. The second-order valence-electron chi connectivity index (χ2n) is 6.01. The summed E-state index contributed by atoms with van der Waals surface area (Å²) in [6.45, 7) is 7.49. The summed E-state index contributed by atoms with van der Waals surface area (Å²) < 4.78 is 0. The van der Waals surface area contributed by atoms with Crippen molar-refractivity contribution >= 4 is 0 Å². The maximum absolute atomic E-state index is 3.78. The maximum atomic E-state index is 3.78. The molecule has 1 unspecified atom stereocenters. The van der Waals surface area contributed by atoms with E-state index in [9.17, 15) is 0 Å². The first-order valence-electron chi connectivity index (χ1n) is 7.84. The van der Waals surface area contributed by atoms with E-state index in [1.165, 1.54) is 77.5 Å². The molecule has 100 valence electrons. The fourth-order valence-electron chi connectivity index (χ4n) is 3.00. The summed E-state index contributed by atoms with van der Waals surface area (Å²) in [6.07, 6.45) is 11.3. The molecule has 2 aliphatic rings. The highest BCUT2D eigenvalue weighted by Crippen LogP contribution is 2.33. The van der Waals surface area contributed by atoms with Crippen LogP contribution in [0.25, 0.3) is 0 Å². The Kier molecular flexibility index (Phi) is 5.79. The molecule has 1 heterocycles. The third kappa shape index (κ3) is 5.39. The van der Waals surface area contributed by atoms with E-state index in [-0.39, 0.29) is 0 Å². The predicted octanol–water partition coefficient (Wildman–Crippen LogP) is 3.03. The molecule has 1 N–H and O–H groups in total. The molecule has 0 aromatic carbocycles. The van der Waals surface area contributed by atoms with Crippen LogP contribution in [0, 0.1) is 5.92 Å². The van der Waals surface area contributed by atoms with E-state index in [1.54, 1.807) is 0 Å². The van der Waals surface area contributed by atoms with Gasteiger partial charge in [-0.1, -0.05) is 19.8 Å². The first kappa shape index (κ1) is 13.4. The number of hydrogen-bond donors (Lipinski definition) is 1. The smallest absolute Gasteiger partial charge is 0.00797 e. The largest absolute Gasteiger partial charge is 0.314 e. The van der Waals surface area contributed by atoms with Crippen molar-refractivity contribution in [3.63, 3.8) is 0 Å². The highest BCUT2D eigenvalue weighted by molar-refractivity contribution is 4.76. The minimum absolute atomic E-state index is 0.802. The van der Waals surface area contributed by atoms with Crippen LogP contribution in [-0.2, 0) is 0 Å². The van der Waals surface area contributed by atoms with Gasteiger partial charge in [-0.15, -0.1) is 0 Å². The minimum atomic E-state index is 0.802. The van der Waals surface area contributed by atoms with Gasteiger partial charge in [-0.2, -0.15) is 0 Å². The zero-order valence-electron chi connectivity index (χ0n) is 11.6. The van der Waals surface area contributed by atoms with E-state index >= 15 is 0 Å². The highest BCUT2D eigenvalue weighted by Gasteiger charge is 2.20. The van der Waals surface area contributed by atoms with Crippen molar-refractivity contribution in [2.75, 3.05) is 26.2 Å². The van der Waals surface area contributed by atoms with E-state index in [1.807, 2.05) is 0 Å². The van der Waals surface area contributed by atoms with Gasteiger partial charge >= 0.3 is 0 Å². The average Bonchev–Trinajstić information content (AvgIpc) is 3.13. The van der Waals surface area contributed by atoms with Crippen molar-refractivity contribution in [3.8, 4) is 0 Å². The summed E-state index contributed by atoms with van der Waals surface area (Å²) >= 11 is 0. The van der Waals surface area contributed by atoms with E-state index in [2.05, 4.69) is 17.1 Å². The molecule has 1 aliphatic carbocycles. The van der Waals surface area contributed by atoms with Crippen LogP contribution >= 0.6 is 0 Å². The summed E-state index contributed by atoms with van der Waals surface area (Å²) in [5.41, 5.74) is 0. The van der Waals surface area contributed by atoms with Gasteiger partial charge in [-0.3, -0.25) is 0 Å². The first-order chi connectivity index (χ1) is 8.38. The number of nitrogens with zero attached hydrogens (tertiary/aromatic N) is 1. The quantitative estimate of drug-likeness (QED) is 0.686. The molecular weight excluding hydrogens is 208 g/mol. The minimum Gasteiger partial charge on any atom is -0.314 e. The summed E-state index contributed by atoms with van der Waals surface area (Å²) in [5, 5.41) is 3.78. The lowest BCUT2D eigenvalue weighted by Crippen LogP contribution is -2.31. The van der Waals surface area contributed by atoms with Crippen molar-refractivity contribution in [2.24, 2.45) is 5.92 Å². The Balaban J connectivity index is 1.54. The molecule has 0 spiro atoms. The number of hydrogen-bond acceptors (Lipinski definition) is 2. The van der Waals surface area contributed by atoms with Crippen LogP contribution in [0.5, 0.6) is 0 Å². The first-order valence-corrected chi connectivity index (χ1v) is 7.84. The lowest BCUT2D eigenvalue weighted by atomic mass is 10.1. The molecule has 0 radical (unpaired) electrons. The van der Waals surface area contributed by atoms with Crippen LogP contribution in [0.2, 0.25) is 0 Å². The van der Waals surface area contributed by atoms with Crippen LogP contribution in [0.1, 0.15) is 58.3 Å². The van der Waals surface area contributed by atoms with Gasteiger partial charge in [0.2, 0.25) is 0 Å². The zero-order valence-corrected chi connectivity index (χ0v) is 11.6. The second-order valence-corrected chi connectivity index (χ2v) is 6.01. The van der Waals surface area contributed by atoms with Gasteiger partial charge < -0.3 is 10.2 Å². The van der Waals surface area contributed by atoms with Crippen LogP contribution in [-0.4, -0.2) is 37.1 Å². The summed E-state index contributed by atoms with van der Waals surface area (Å²) in [4.78, 5) is 2.64. The third-order valence-electron chi connectivity index (χ3n) is 4.28. The molecule has 2 fully saturated rings. The lowest BCUT2D eigenvalue weighted by molar-refractivity contribution is 0.282. The standard InChI is InChI=1S/C15H30N2/c1-2-11-17-12-4-6-15(9-13-17)16-10-3-5-14-7-8-14/h14-16H,2-13H2,1H3. The topological polar surface area (TPSA) is 15.3 Å². The van der Waals surface area contributed by atoms with Gasteiger partial charge in [0.15, 0.2) is 0 Å². The molecule has 2 heteroatoms. The zero-order chi connectivity index (χ0) is 11.9. The number of likely N-dealkylation sites (tertiary alicyclic amines) is 1. The molecule has 1 atom stereocenters. The van der Waals surface area contributed by atoms with Crippen LogP contribution in [0.15, 0.2) is 0 Å². The fourth-order valence-corrected chi connectivity index (χ4v) is 3.00. The summed E-state index contributed by atoms with van der Waals surface area (Å²) in [6, 6.07) is 0.802. The number of rotatable bonds is 7. The third-order valence-corrected chi connectivity index (χ3v) is 4.28. The second kappa shape index (κ2) is 7.38. The van der Waals surface area contributed by atoms with Crippen LogP contribution in [0.3, 0.4) is 0 Å². The molecule has 0 aromatic heterocycles. The fraction of sp³-hybridized carbons (Fsp3) is 1.00. The summed E-state index contributed by atoms with van der Waals surface area (Å²) in [7, 11) is 0. The van der Waals surface area contributed by atoms with Crippen LogP contribution < -0.4 is 5.32 Å². The Bertz CT molecular complexity index is 201. The van der Waals surface area contributed by atoms with Gasteiger partial charge in [0.25, 0.3) is 0 Å². The van der Waals surface area contributed by atoms with E-state index in [0.717, 1.165) is 12.0 Å². The van der Waals surface area contributed by atoms with Gasteiger partial charge in [-0.05, 0) is 70.6 Å². The van der Waals surface area contributed by atoms with Crippen molar-refractivity contribution in [1.82, 2.24) is 10.2 Å². The molecule has 1 saturated heterocycles. The highest BCUT2D eigenvalue weighted by atomic mass is 15.1. The average molecular weight is 238 g/mol.